The van der Waals surface area contributed by atoms with Crippen LogP contribution in [0.2, 0.25) is 0 Å². The summed E-state index contributed by atoms with van der Waals surface area (Å²) in [6.45, 7) is 9.59. The molecule has 2 atom stereocenters. The van der Waals surface area contributed by atoms with Gasteiger partial charge in [-0.1, -0.05) is 6.92 Å². The van der Waals surface area contributed by atoms with Crippen molar-refractivity contribution in [3.63, 3.8) is 0 Å². The van der Waals surface area contributed by atoms with E-state index in [4.69, 9.17) is 0 Å². The SMILES string of the molecule is CCC(=O)C(C(C)O)N(C)C(C)(C)C. The smallest absolute Gasteiger partial charge is 0.152 e. The highest BCUT2D eigenvalue weighted by Crippen LogP contribution is 2.18. The monoisotopic (exact) mass is 201 g/mol. The lowest BCUT2D eigenvalue weighted by atomic mass is 9.97. The molecule has 3 heteroatoms. The van der Waals surface area contributed by atoms with Gasteiger partial charge >= 0.3 is 0 Å². The first-order chi connectivity index (χ1) is 6.21. The lowest BCUT2D eigenvalue weighted by Crippen LogP contribution is -2.53. The van der Waals surface area contributed by atoms with Gasteiger partial charge in [0.1, 0.15) is 0 Å². The first-order valence-corrected chi connectivity index (χ1v) is 5.15. The van der Waals surface area contributed by atoms with E-state index in [0.717, 1.165) is 0 Å². The molecule has 0 aromatic carbocycles. The first kappa shape index (κ1) is 13.6. The number of aliphatic hydroxyl groups is 1. The molecular formula is C11H23NO2. The summed E-state index contributed by atoms with van der Waals surface area (Å²) in [5.41, 5.74) is -0.105. The van der Waals surface area contributed by atoms with Crippen LogP contribution in [0.25, 0.3) is 0 Å². The molecular weight excluding hydrogens is 178 g/mol. The molecule has 0 bridgehead atoms. The van der Waals surface area contributed by atoms with Gasteiger partial charge in [0.05, 0.1) is 12.1 Å². The Hall–Kier alpha value is -0.410. The predicted molar refractivity (Wildman–Crippen MR) is 58.3 cm³/mol. The normalized spacial score (nSPS) is 16.9. The van der Waals surface area contributed by atoms with Crippen molar-refractivity contribution in [3.05, 3.63) is 0 Å². The van der Waals surface area contributed by atoms with E-state index in [1.165, 1.54) is 0 Å². The van der Waals surface area contributed by atoms with Crippen molar-refractivity contribution in [2.75, 3.05) is 7.05 Å². The number of hydrogen-bond donors (Lipinski definition) is 1. The molecule has 3 nitrogen and oxygen atoms in total. The Morgan fingerprint density at radius 3 is 2.07 bits per heavy atom. The molecule has 0 rings (SSSR count). The zero-order valence-corrected chi connectivity index (χ0v) is 10.2. The van der Waals surface area contributed by atoms with Crippen LogP contribution in [0.4, 0.5) is 0 Å². The Kier molecular flexibility index (Phi) is 4.75. The summed E-state index contributed by atoms with van der Waals surface area (Å²) in [6, 6.07) is -0.389. The van der Waals surface area contributed by atoms with Crippen LogP contribution in [-0.2, 0) is 4.79 Å². The maximum absolute atomic E-state index is 11.6. The molecule has 1 N–H and O–H groups in total. The number of rotatable bonds is 4. The summed E-state index contributed by atoms with van der Waals surface area (Å²) in [6.07, 6.45) is -0.151. The Bertz CT molecular complexity index is 194. The van der Waals surface area contributed by atoms with Gasteiger partial charge < -0.3 is 5.11 Å². The van der Waals surface area contributed by atoms with Crippen LogP contribution < -0.4 is 0 Å². The molecule has 0 heterocycles. The highest BCUT2D eigenvalue weighted by Gasteiger charge is 2.32. The molecule has 0 saturated carbocycles. The molecule has 2 unspecified atom stereocenters. The molecule has 0 aromatic rings. The summed E-state index contributed by atoms with van der Waals surface area (Å²) in [5, 5.41) is 9.58. The lowest BCUT2D eigenvalue weighted by molar-refractivity contribution is -0.129. The number of Topliss-reactive ketones (excluding diaryl/α,β-unsaturated/α-hetero) is 1. The van der Waals surface area contributed by atoms with Crippen molar-refractivity contribution in [1.29, 1.82) is 0 Å². The van der Waals surface area contributed by atoms with E-state index < -0.39 is 6.10 Å². The van der Waals surface area contributed by atoms with Crippen LogP contribution in [-0.4, -0.2) is 40.5 Å². The zero-order chi connectivity index (χ0) is 11.5. The van der Waals surface area contributed by atoms with Crippen LogP contribution in [0, 0.1) is 0 Å². The second-order valence-corrected chi connectivity index (χ2v) is 4.79. The molecule has 0 aliphatic carbocycles. The summed E-state index contributed by atoms with van der Waals surface area (Å²) >= 11 is 0. The number of nitrogens with zero attached hydrogens (tertiary/aromatic N) is 1. The average molecular weight is 201 g/mol. The van der Waals surface area contributed by atoms with E-state index in [1.54, 1.807) is 6.92 Å². The van der Waals surface area contributed by atoms with E-state index in [0.29, 0.717) is 6.42 Å². The van der Waals surface area contributed by atoms with Crippen molar-refractivity contribution in [1.82, 2.24) is 4.90 Å². The number of ketones is 1. The molecule has 0 aliphatic rings. The highest BCUT2D eigenvalue weighted by atomic mass is 16.3. The average Bonchev–Trinajstić information content (AvgIpc) is 2.01. The number of carbonyl (C=O) groups is 1. The van der Waals surface area contributed by atoms with Gasteiger partial charge in [-0.3, -0.25) is 9.69 Å². The van der Waals surface area contributed by atoms with Gasteiger partial charge in [-0.25, -0.2) is 0 Å². The maximum atomic E-state index is 11.6. The number of aliphatic hydroxyl groups excluding tert-OH is 1. The van der Waals surface area contributed by atoms with Crippen molar-refractivity contribution in [2.24, 2.45) is 0 Å². The van der Waals surface area contributed by atoms with Crippen molar-refractivity contribution < 1.29 is 9.90 Å². The quantitative estimate of drug-likeness (QED) is 0.748. The molecule has 0 aliphatic heterocycles. The number of hydrogen-bond acceptors (Lipinski definition) is 3. The van der Waals surface area contributed by atoms with Gasteiger partial charge in [-0.2, -0.15) is 0 Å². The maximum Gasteiger partial charge on any atom is 0.152 e. The van der Waals surface area contributed by atoms with Crippen LogP contribution >= 0.6 is 0 Å². The summed E-state index contributed by atoms with van der Waals surface area (Å²) < 4.78 is 0. The zero-order valence-electron chi connectivity index (χ0n) is 10.2. The Labute approximate surface area is 87.1 Å². The third-order valence-corrected chi connectivity index (χ3v) is 2.61. The molecule has 0 radical (unpaired) electrons. The van der Waals surface area contributed by atoms with Crippen LogP contribution in [0.1, 0.15) is 41.0 Å². The van der Waals surface area contributed by atoms with Crippen LogP contribution in [0.15, 0.2) is 0 Å². The predicted octanol–water partition coefficient (Wildman–Crippen LogP) is 1.45. The molecule has 0 amide bonds. The van der Waals surface area contributed by atoms with E-state index in [1.807, 2.05) is 39.6 Å². The Balaban J connectivity index is 4.75. The van der Waals surface area contributed by atoms with Crippen LogP contribution in [0.5, 0.6) is 0 Å². The minimum Gasteiger partial charge on any atom is -0.391 e. The molecule has 14 heavy (non-hydrogen) atoms. The molecule has 0 spiro atoms. The van der Waals surface area contributed by atoms with Gasteiger partial charge in [-0.15, -0.1) is 0 Å². The van der Waals surface area contributed by atoms with Crippen molar-refractivity contribution >= 4 is 5.78 Å². The summed E-state index contributed by atoms with van der Waals surface area (Å²) in [4.78, 5) is 13.6. The van der Waals surface area contributed by atoms with Gasteiger partial charge in [0.15, 0.2) is 5.78 Å². The van der Waals surface area contributed by atoms with E-state index >= 15 is 0 Å². The first-order valence-electron chi connectivity index (χ1n) is 5.15. The fourth-order valence-electron chi connectivity index (χ4n) is 1.44. The number of carbonyl (C=O) groups excluding carboxylic acids is 1. The van der Waals surface area contributed by atoms with Crippen molar-refractivity contribution in [2.45, 2.75) is 58.7 Å². The highest BCUT2D eigenvalue weighted by molar-refractivity contribution is 5.84. The minimum atomic E-state index is -0.619. The topological polar surface area (TPSA) is 40.5 Å². The van der Waals surface area contributed by atoms with Gasteiger partial charge in [0, 0.05) is 12.0 Å². The van der Waals surface area contributed by atoms with E-state index in [2.05, 4.69) is 0 Å². The van der Waals surface area contributed by atoms with E-state index in [-0.39, 0.29) is 17.4 Å². The van der Waals surface area contributed by atoms with Crippen molar-refractivity contribution in [3.8, 4) is 0 Å². The fourth-order valence-corrected chi connectivity index (χ4v) is 1.44. The van der Waals surface area contributed by atoms with Gasteiger partial charge in [-0.05, 0) is 34.7 Å². The minimum absolute atomic E-state index is 0.0948. The second kappa shape index (κ2) is 4.89. The molecule has 0 saturated heterocycles. The fraction of sp³-hybridized carbons (Fsp3) is 0.909. The van der Waals surface area contributed by atoms with E-state index in [9.17, 15) is 9.90 Å². The standard InChI is InChI=1S/C11H23NO2/c1-7-9(14)10(8(2)13)12(6)11(3,4)5/h8,10,13H,7H2,1-6H3. The molecule has 0 fully saturated rings. The Morgan fingerprint density at radius 1 is 1.43 bits per heavy atom. The van der Waals surface area contributed by atoms with Gasteiger partial charge in [0.2, 0.25) is 0 Å². The summed E-state index contributed by atoms with van der Waals surface area (Å²) in [7, 11) is 1.88. The van der Waals surface area contributed by atoms with Crippen LogP contribution in [0.3, 0.4) is 0 Å². The molecule has 0 aromatic heterocycles. The number of likely N-dealkylation sites (N-methyl/N-ethyl adjacent to an activating group) is 1. The third-order valence-electron chi connectivity index (χ3n) is 2.61. The Morgan fingerprint density at radius 2 is 1.86 bits per heavy atom. The van der Waals surface area contributed by atoms with Gasteiger partial charge in [0.25, 0.3) is 0 Å². The second-order valence-electron chi connectivity index (χ2n) is 4.79. The third kappa shape index (κ3) is 3.39. The lowest BCUT2D eigenvalue weighted by Gasteiger charge is -2.39. The summed E-state index contributed by atoms with van der Waals surface area (Å²) in [5.74, 6) is 0.0948. The largest absolute Gasteiger partial charge is 0.391 e. The molecule has 84 valence electrons.